The largest absolute Gasteiger partial charge is 0.395 e. The number of hydrogen-bond acceptors (Lipinski definition) is 5. The molecule has 0 rings (SSSR count). The molecule has 0 bridgehead atoms. The molecule has 7 heteroatoms. The lowest BCUT2D eigenvalue weighted by atomic mass is 10.4. The summed E-state index contributed by atoms with van der Waals surface area (Å²) in [5.74, 6) is 0.519. The molecule has 18 heavy (non-hydrogen) atoms. The summed E-state index contributed by atoms with van der Waals surface area (Å²) in [7, 11) is 7.40. The van der Waals surface area contributed by atoms with Gasteiger partial charge in [0.2, 0.25) is 0 Å². The van der Waals surface area contributed by atoms with Gasteiger partial charge >= 0.3 is 0 Å². The molecule has 110 valence electrons. The first-order valence-electron chi connectivity index (χ1n) is 5.88. The zero-order valence-corrected chi connectivity index (χ0v) is 11.9. The molecule has 0 aromatic carbocycles. The molecule has 7 nitrogen and oxygen atoms in total. The van der Waals surface area contributed by atoms with Crippen molar-refractivity contribution in [3.8, 4) is 0 Å². The van der Waals surface area contributed by atoms with Gasteiger partial charge in [-0.3, -0.25) is 10.3 Å². The number of hydrogen-bond donors (Lipinski definition) is 4. The molecule has 0 aromatic rings. The Labute approximate surface area is 110 Å². The first kappa shape index (κ1) is 19.4. The summed E-state index contributed by atoms with van der Waals surface area (Å²) in [5, 5.41) is 32.7. The highest BCUT2D eigenvalue weighted by Gasteiger charge is 2.00. The van der Waals surface area contributed by atoms with E-state index in [0.29, 0.717) is 25.6 Å². The van der Waals surface area contributed by atoms with Crippen LogP contribution in [0.5, 0.6) is 0 Å². The maximum atomic E-state index is 8.48. The first-order chi connectivity index (χ1) is 8.40. The van der Waals surface area contributed by atoms with Gasteiger partial charge in [-0.1, -0.05) is 0 Å². The predicted molar refractivity (Wildman–Crippen MR) is 72.8 cm³/mol. The van der Waals surface area contributed by atoms with Crippen molar-refractivity contribution >= 4 is 5.96 Å². The molecule has 0 saturated heterocycles. The number of aliphatic hydroxyl groups excluding tert-OH is 3. The fourth-order valence-electron chi connectivity index (χ4n) is 1.16. The van der Waals surface area contributed by atoms with Gasteiger partial charge in [0.15, 0.2) is 5.96 Å². The minimum atomic E-state index is 0.0694. The number of guanidine groups is 1. The molecule has 0 unspecified atom stereocenters. The summed E-state index contributed by atoms with van der Waals surface area (Å²) in [6, 6.07) is 0. The van der Waals surface area contributed by atoms with Gasteiger partial charge in [0.05, 0.1) is 19.8 Å². The zero-order chi connectivity index (χ0) is 14.6. The molecule has 0 aliphatic carbocycles. The van der Waals surface area contributed by atoms with Crippen LogP contribution < -0.4 is 0 Å². The molecule has 0 radical (unpaired) electrons. The Morgan fingerprint density at radius 2 is 1.06 bits per heavy atom. The highest BCUT2D eigenvalue weighted by atomic mass is 16.3. The molecule has 0 aromatic heterocycles. The van der Waals surface area contributed by atoms with Gasteiger partial charge in [0, 0.05) is 47.8 Å². The van der Waals surface area contributed by atoms with Crippen LogP contribution in [0.4, 0.5) is 0 Å². The lowest BCUT2D eigenvalue weighted by molar-refractivity contribution is 0.136. The molecular weight excluding hydrogens is 236 g/mol. The summed E-state index contributed by atoms with van der Waals surface area (Å²) in [6.45, 7) is 1.75. The van der Waals surface area contributed by atoms with Gasteiger partial charge in [0.25, 0.3) is 0 Å². The van der Waals surface area contributed by atoms with Crippen LogP contribution in [0, 0.1) is 5.41 Å². The van der Waals surface area contributed by atoms with Crippen molar-refractivity contribution in [1.29, 1.82) is 5.41 Å². The van der Waals surface area contributed by atoms with Crippen molar-refractivity contribution in [2.24, 2.45) is 0 Å². The third-order valence-corrected chi connectivity index (χ3v) is 2.10. The van der Waals surface area contributed by atoms with Crippen LogP contribution in [-0.4, -0.2) is 104 Å². The Balaban J connectivity index is 0. The van der Waals surface area contributed by atoms with E-state index in [4.69, 9.17) is 20.7 Å². The van der Waals surface area contributed by atoms with Gasteiger partial charge in [-0.05, 0) is 0 Å². The van der Waals surface area contributed by atoms with E-state index in [1.54, 1.807) is 14.7 Å². The van der Waals surface area contributed by atoms with Crippen molar-refractivity contribution in [3.63, 3.8) is 0 Å². The molecule has 0 heterocycles. The van der Waals surface area contributed by atoms with E-state index in [9.17, 15) is 0 Å². The lowest BCUT2D eigenvalue weighted by Crippen LogP contribution is -2.34. The summed E-state index contributed by atoms with van der Waals surface area (Å²) in [5.41, 5.74) is 0. The first-order valence-corrected chi connectivity index (χ1v) is 5.88. The fraction of sp³-hybridized carbons (Fsp3) is 0.909. The molecule has 0 fully saturated rings. The average molecular weight is 264 g/mol. The van der Waals surface area contributed by atoms with E-state index in [0.717, 1.165) is 0 Å². The Morgan fingerprint density at radius 3 is 1.17 bits per heavy atom. The van der Waals surface area contributed by atoms with Crippen LogP contribution in [0.15, 0.2) is 0 Å². The molecular formula is C11H28N4O3. The third kappa shape index (κ3) is 11.6. The third-order valence-electron chi connectivity index (χ3n) is 2.10. The monoisotopic (exact) mass is 264 g/mol. The molecule has 0 aliphatic rings. The van der Waals surface area contributed by atoms with Crippen LogP contribution in [0.1, 0.15) is 0 Å². The van der Waals surface area contributed by atoms with E-state index < -0.39 is 0 Å². The minimum Gasteiger partial charge on any atom is -0.395 e. The molecule has 0 aliphatic heterocycles. The number of aliphatic hydroxyl groups is 3. The molecule has 0 amide bonds. The molecule has 0 spiro atoms. The second kappa shape index (κ2) is 12.6. The van der Waals surface area contributed by atoms with E-state index in [2.05, 4.69) is 0 Å². The van der Waals surface area contributed by atoms with Gasteiger partial charge in [0.1, 0.15) is 0 Å². The lowest BCUT2D eigenvalue weighted by Gasteiger charge is -2.19. The van der Waals surface area contributed by atoms with Crippen LogP contribution in [0.3, 0.4) is 0 Å². The highest BCUT2D eigenvalue weighted by Crippen LogP contribution is 1.84. The van der Waals surface area contributed by atoms with Crippen LogP contribution in [0.25, 0.3) is 0 Å². The Morgan fingerprint density at radius 1 is 0.778 bits per heavy atom. The molecule has 0 atom stereocenters. The predicted octanol–water partition coefficient (Wildman–Crippen LogP) is -1.69. The summed E-state index contributed by atoms with van der Waals surface area (Å²) < 4.78 is 0. The molecule has 4 N–H and O–H groups in total. The van der Waals surface area contributed by atoms with Crippen molar-refractivity contribution in [2.45, 2.75) is 0 Å². The van der Waals surface area contributed by atoms with Crippen molar-refractivity contribution in [2.75, 3.05) is 67.6 Å². The number of nitrogens with zero attached hydrogens (tertiary/aromatic N) is 3. The summed E-state index contributed by atoms with van der Waals surface area (Å²) in [4.78, 5) is 5.29. The minimum absolute atomic E-state index is 0.0694. The average Bonchev–Trinajstić information content (AvgIpc) is 2.29. The van der Waals surface area contributed by atoms with Gasteiger partial charge < -0.3 is 25.1 Å². The fourth-order valence-corrected chi connectivity index (χ4v) is 1.16. The van der Waals surface area contributed by atoms with Crippen LogP contribution >= 0.6 is 0 Å². The summed E-state index contributed by atoms with van der Waals surface area (Å²) >= 11 is 0. The standard InChI is InChI=1S/C6H15NO3.C5H13N3/c8-4-1-7(2-5-9)3-6-10;1-7(2)5(6)8(3)4/h8-10H,1-6H2;6H,1-4H3. The van der Waals surface area contributed by atoms with E-state index in [1.165, 1.54) is 0 Å². The van der Waals surface area contributed by atoms with Crippen molar-refractivity contribution in [3.05, 3.63) is 0 Å². The highest BCUT2D eigenvalue weighted by molar-refractivity contribution is 5.75. The SMILES string of the molecule is CN(C)C(=N)N(C)C.OCCN(CCO)CCO. The quantitative estimate of drug-likeness (QED) is 0.338. The van der Waals surface area contributed by atoms with E-state index >= 15 is 0 Å². The van der Waals surface area contributed by atoms with E-state index in [1.807, 2.05) is 28.2 Å². The Hall–Kier alpha value is -0.890. The molecule has 0 saturated carbocycles. The summed E-state index contributed by atoms with van der Waals surface area (Å²) in [6.07, 6.45) is 0. The maximum Gasteiger partial charge on any atom is 0.192 e. The Kier molecular flexibility index (Phi) is 13.6. The van der Waals surface area contributed by atoms with Crippen LogP contribution in [-0.2, 0) is 0 Å². The Bertz CT molecular complexity index is 176. The van der Waals surface area contributed by atoms with Crippen molar-refractivity contribution < 1.29 is 15.3 Å². The van der Waals surface area contributed by atoms with Gasteiger partial charge in [-0.15, -0.1) is 0 Å². The zero-order valence-electron chi connectivity index (χ0n) is 11.9. The van der Waals surface area contributed by atoms with Crippen molar-refractivity contribution in [1.82, 2.24) is 14.7 Å². The smallest absolute Gasteiger partial charge is 0.192 e. The van der Waals surface area contributed by atoms with Gasteiger partial charge in [-0.2, -0.15) is 0 Å². The second-order valence-electron chi connectivity index (χ2n) is 4.12. The topological polar surface area (TPSA) is 94.3 Å². The van der Waals surface area contributed by atoms with Gasteiger partial charge in [-0.25, -0.2) is 0 Å². The van der Waals surface area contributed by atoms with Crippen LogP contribution in [0.2, 0.25) is 0 Å². The van der Waals surface area contributed by atoms with E-state index in [-0.39, 0.29) is 19.8 Å². The normalized spacial score (nSPS) is 9.78. The second-order valence-corrected chi connectivity index (χ2v) is 4.12. The maximum absolute atomic E-state index is 8.48. The number of rotatable bonds is 6. The number of nitrogens with one attached hydrogen (secondary N) is 1.